The maximum atomic E-state index is 11.0. The molecule has 0 radical (unpaired) electrons. The lowest BCUT2D eigenvalue weighted by molar-refractivity contribution is -0.384. The fraction of sp³-hybridized carbons (Fsp3) is 0.417. The standard InChI is InChI=1S/C12H15N3O4/c1-2-12(17)6-14(7-12)9-4-3-8(11(13)16)5-10(9)15(18)19/h3-5,17H,2,6-7H2,1H3,(H2,13,16). The van der Waals surface area contributed by atoms with Gasteiger partial charge in [-0.2, -0.15) is 0 Å². The van der Waals surface area contributed by atoms with Gasteiger partial charge in [0.1, 0.15) is 5.69 Å². The number of hydrogen-bond acceptors (Lipinski definition) is 5. The highest BCUT2D eigenvalue weighted by Crippen LogP contribution is 2.36. The molecule has 1 aromatic rings. The van der Waals surface area contributed by atoms with Gasteiger partial charge in [-0.15, -0.1) is 0 Å². The van der Waals surface area contributed by atoms with E-state index in [0.717, 1.165) is 0 Å². The molecule has 1 fully saturated rings. The lowest BCUT2D eigenvalue weighted by atomic mass is 9.90. The molecular weight excluding hydrogens is 250 g/mol. The van der Waals surface area contributed by atoms with Crippen LogP contribution in [0.25, 0.3) is 0 Å². The van der Waals surface area contributed by atoms with Gasteiger partial charge in [-0.1, -0.05) is 6.92 Å². The summed E-state index contributed by atoms with van der Waals surface area (Å²) >= 11 is 0. The van der Waals surface area contributed by atoms with E-state index in [0.29, 0.717) is 25.2 Å². The number of amides is 1. The molecule has 1 amide bonds. The second kappa shape index (κ2) is 4.51. The SMILES string of the molecule is CCC1(O)CN(c2ccc(C(N)=O)cc2[N+](=O)[O-])C1. The first-order valence-electron chi connectivity index (χ1n) is 5.92. The zero-order valence-corrected chi connectivity index (χ0v) is 10.5. The second-order valence-corrected chi connectivity index (χ2v) is 4.76. The molecule has 0 unspecified atom stereocenters. The van der Waals surface area contributed by atoms with Gasteiger partial charge in [0, 0.05) is 24.7 Å². The molecule has 3 N–H and O–H groups in total. The van der Waals surface area contributed by atoms with Crippen molar-refractivity contribution in [1.29, 1.82) is 0 Å². The Morgan fingerprint density at radius 3 is 2.68 bits per heavy atom. The summed E-state index contributed by atoms with van der Waals surface area (Å²) in [4.78, 5) is 23.2. The van der Waals surface area contributed by atoms with Gasteiger partial charge in [-0.25, -0.2) is 0 Å². The Hall–Kier alpha value is -2.15. The van der Waals surface area contributed by atoms with Crippen LogP contribution in [0.5, 0.6) is 0 Å². The van der Waals surface area contributed by atoms with Crippen molar-refractivity contribution in [1.82, 2.24) is 0 Å². The monoisotopic (exact) mass is 265 g/mol. The molecule has 2 rings (SSSR count). The van der Waals surface area contributed by atoms with Crippen LogP contribution in [0, 0.1) is 10.1 Å². The van der Waals surface area contributed by atoms with Gasteiger partial charge < -0.3 is 15.7 Å². The first-order valence-corrected chi connectivity index (χ1v) is 5.92. The van der Waals surface area contributed by atoms with Crippen LogP contribution in [-0.2, 0) is 0 Å². The predicted molar refractivity (Wildman–Crippen MR) is 69.1 cm³/mol. The smallest absolute Gasteiger partial charge is 0.293 e. The topological polar surface area (TPSA) is 110 Å². The number of nitrogens with zero attached hydrogens (tertiary/aromatic N) is 2. The number of rotatable bonds is 4. The molecule has 0 atom stereocenters. The fourth-order valence-electron chi connectivity index (χ4n) is 2.15. The van der Waals surface area contributed by atoms with Crippen LogP contribution in [0.2, 0.25) is 0 Å². The number of β-amino-alcohol motifs (C(OH)–C–C–N with tert-alkyl or cyclic N) is 1. The van der Waals surface area contributed by atoms with E-state index in [2.05, 4.69) is 0 Å². The third kappa shape index (κ3) is 2.37. The minimum atomic E-state index is -0.782. The minimum absolute atomic E-state index is 0.0988. The molecule has 0 aliphatic carbocycles. The normalized spacial score (nSPS) is 16.8. The Morgan fingerprint density at radius 2 is 2.21 bits per heavy atom. The number of nitro benzene ring substituents is 1. The first kappa shape index (κ1) is 13.3. The van der Waals surface area contributed by atoms with E-state index >= 15 is 0 Å². The van der Waals surface area contributed by atoms with Gasteiger partial charge in [0.05, 0.1) is 10.5 Å². The number of benzene rings is 1. The maximum Gasteiger partial charge on any atom is 0.293 e. The lowest BCUT2D eigenvalue weighted by Crippen LogP contribution is -2.61. The molecule has 1 aliphatic heterocycles. The van der Waals surface area contributed by atoms with E-state index in [4.69, 9.17) is 5.73 Å². The van der Waals surface area contributed by atoms with Crippen molar-refractivity contribution in [2.75, 3.05) is 18.0 Å². The van der Waals surface area contributed by atoms with E-state index in [-0.39, 0.29) is 11.3 Å². The molecule has 0 saturated carbocycles. The molecule has 1 heterocycles. The highest BCUT2D eigenvalue weighted by molar-refractivity contribution is 5.94. The third-order valence-electron chi connectivity index (χ3n) is 3.43. The van der Waals surface area contributed by atoms with E-state index in [1.807, 2.05) is 6.92 Å². The van der Waals surface area contributed by atoms with Crippen LogP contribution < -0.4 is 10.6 Å². The van der Waals surface area contributed by atoms with Gasteiger partial charge in [-0.05, 0) is 18.6 Å². The van der Waals surface area contributed by atoms with Gasteiger partial charge in [-0.3, -0.25) is 14.9 Å². The van der Waals surface area contributed by atoms with Crippen LogP contribution in [-0.4, -0.2) is 34.6 Å². The van der Waals surface area contributed by atoms with E-state index in [9.17, 15) is 20.0 Å². The second-order valence-electron chi connectivity index (χ2n) is 4.76. The zero-order valence-electron chi connectivity index (χ0n) is 10.5. The van der Waals surface area contributed by atoms with E-state index in [1.165, 1.54) is 18.2 Å². The summed E-state index contributed by atoms with van der Waals surface area (Å²) in [6, 6.07) is 4.11. The van der Waals surface area contributed by atoms with Crippen molar-refractivity contribution in [3.05, 3.63) is 33.9 Å². The largest absolute Gasteiger partial charge is 0.386 e. The van der Waals surface area contributed by atoms with Crippen LogP contribution in [0.15, 0.2) is 18.2 Å². The van der Waals surface area contributed by atoms with Crippen molar-refractivity contribution in [3.63, 3.8) is 0 Å². The number of aliphatic hydroxyl groups is 1. The van der Waals surface area contributed by atoms with Crippen molar-refractivity contribution in [2.24, 2.45) is 5.73 Å². The third-order valence-corrected chi connectivity index (χ3v) is 3.43. The average molecular weight is 265 g/mol. The Balaban J connectivity index is 2.32. The quantitative estimate of drug-likeness (QED) is 0.613. The Labute approximate surface area is 109 Å². The van der Waals surface area contributed by atoms with Gasteiger partial charge in [0.15, 0.2) is 0 Å². The van der Waals surface area contributed by atoms with Crippen LogP contribution in [0.3, 0.4) is 0 Å². The number of anilines is 1. The number of nitro groups is 1. The molecule has 102 valence electrons. The maximum absolute atomic E-state index is 11.0. The predicted octanol–water partition coefficient (Wildman–Crippen LogP) is 0.655. The fourth-order valence-corrected chi connectivity index (χ4v) is 2.15. The van der Waals surface area contributed by atoms with Gasteiger partial charge in [0.25, 0.3) is 5.69 Å². The van der Waals surface area contributed by atoms with Crippen LogP contribution in [0.4, 0.5) is 11.4 Å². The number of carbonyl (C=O) groups excluding carboxylic acids is 1. The van der Waals surface area contributed by atoms with Crippen molar-refractivity contribution in [3.8, 4) is 0 Å². The van der Waals surface area contributed by atoms with Crippen molar-refractivity contribution >= 4 is 17.3 Å². The molecule has 1 aromatic carbocycles. The van der Waals surface area contributed by atoms with E-state index in [1.54, 1.807) is 4.90 Å². The average Bonchev–Trinajstić information content (AvgIpc) is 2.34. The Morgan fingerprint density at radius 1 is 1.58 bits per heavy atom. The number of hydrogen-bond donors (Lipinski definition) is 2. The Bertz CT molecular complexity index is 538. The zero-order chi connectivity index (χ0) is 14.2. The van der Waals surface area contributed by atoms with E-state index < -0.39 is 16.4 Å². The number of carbonyl (C=O) groups is 1. The summed E-state index contributed by atoms with van der Waals surface area (Å²) < 4.78 is 0. The molecule has 1 saturated heterocycles. The van der Waals surface area contributed by atoms with Gasteiger partial charge in [0.2, 0.25) is 5.91 Å². The Kier molecular flexibility index (Phi) is 3.15. The molecule has 7 heteroatoms. The van der Waals surface area contributed by atoms with Crippen LogP contribution in [0.1, 0.15) is 23.7 Å². The lowest BCUT2D eigenvalue weighted by Gasteiger charge is -2.47. The molecule has 1 aliphatic rings. The highest BCUT2D eigenvalue weighted by Gasteiger charge is 2.41. The molecule has 19 heavy (non-hydrogen) atoms. The van der Waals surface area contributed by atoms with Crippen molar-refractivity contribution < 1.29 is 14.8 Å². The number of nitrogens with two attached hydrogens (primary N) is 1. The first-order chi connectivity index (χ1) is 8.86. The molecular formula is C12H15N3O4. The molecule has 0 aromatic heterocycles. The number of primary amides is 1. The summed E-state index contributed by atoms with van der Waals surface area (Å²) in [6.07, 6.45) is 0.594. The van der Waals surface area contributed by atoms with Gasteiger partial charge >= 0.3 is 0 Å². The highest BCUT2D eigenvalue weighted by atomic mass is 16.6. The van der Waals surface area contributed by atoms with Crippen molar-refractivity contribution in [2.45, 2.75) is 18.9 Å². The minimum Gasteiger partial charge on any atom is -0.386 e. The summed E-state index contributed by atoms with van der Waals surface area (Å²) in [5.74, 6) is -0.705. The molecule has 0 bridgehead atoms. The summed E-state index contributed by atoms with van der Waals surface area (Å²) in [5.41, 5.74) is 4.65. The summed E-state index contributed by atoms with van der Waals surface area (Å²) in [5, 5.41) is 21.0. The van der Waals surface area contributed by atoms with Crippen LogP contribution >= 0.6 is 0 Å². The molecule has 7 nitrogen and oxygen atoms in total. The summed E-state index contributed by atoms with van der Waals surface area (Å²) in [7, 11) is 0. The molecule has 0 spiro atoms. The summed E-state index contributed by atoms with van der Waals surface area (Å²) in [6.45, 7) is 2.56.